The molecule has 0 aliphatic carbocycles. The van der Waals surface area contributed by atoms with E-state index in [1.54, 1.807) is 0 Å². The fourth-order valence-corrected chi connectivity index (χ4v) is 3.71. The summed E-state index contributed by atoms with van der Waals surface area (Å²) in [4.78, 5) is 21.8. The quantitative estimate of drug-likeness (QED) is 0.837. The van der Waals surface area contributed by atoms with Crippen LogP contribution in [0, 0.1) is 11.3 Å². The van der Waals surface area contributed by atoms with Gasteiger partial charge in [0.15, 0.2) is 0 Å². The maximum Gasteiger partial charge on any atom is 0.272 e. The molecule has 1 amide bonds. The number of nitrogens with zero attached hydrogens (tertiary/aromatic N) is 3. The number of likely N-dealkylation sites (tertiary alicyclic amines) is 1. The third-order valence-electron chi connectivity index (χ3n) is 5.25. The Bertz CT molecular complexity index is 561. The summed E-state index contributed by atoms with van der Waals surface area (Å²) in [6.07, 6.45) is 4.69. The van der Waals surface area contributed by atoms with E-state index in [9.17, 15) is 4.79 Å². The van der Waals surface area contributed by atoms with Gasteiger partial charge in [-0.1, -0.05) is 26.8 Å². The van der Waals surface area contributed by atoms with Crippen LogP contribution in [0.2, 0.25) is 0 Å². The third kappa shape index (κ3) is 3.85. The number of carbonyl (C=O) groups is 1. The standard InChI is InChI=1S/C19H29N3O/c1-15-8-12-21(13-9-15)17-7-4-6-16(20-17)18(23)22-11-5-10-19(2,3)14-22/h4,6-7,15H,5,8-14H2,1-3H3. The molecule has 1 aromatic heterocycles. The Morgan fingerprint density at radius 2 is 1.96 bits per heavy atom. The fourth-order valence-electron chi connectivity index (χ4n) is 3.71. The second-order valence-electron chi connectivity index (χ2n) is 8.05. The minimum absolute atomic E-state index is 0.0880. The van der Waals surface area contributed by atoms with E-state index in [1.165, 1.54) is 19.3 Å². The first-order chi connectivity index (χ1) is 10.9. The van der Waals surface area contributed by atoms with Gasteiger partial charge in [-0.05, 0) is 49.1 Å². The van der Waals surface area contributed by atoms with E-state index >= 15 is 0 Å². The van der Waals surface area contributed by atoms with Crippen molar-refractivity contribution in [1.82, 2.24) is 9.88 Å². The van der Waals surface area contributed by atoms with Gasteiger partial charge < -0.3 is 9.80 Å². The van der Waals surface area contributed by atoms with E-state index < -0.39 is 0 Å². The number of hydrogen-bond donors (Lipinski definition) is 0. The lowest BCUT2D eigenvalue weighted by molar-refractivity contribution is 0.0577. The van der Waals surface area contributed by atoms with Crippen LogP contribution in [0.5, 0.6) is 0 Å². The highest BCUT2D eigenvalue weighted by Gasteiger charge is 2.30. The summed E-state index contributed by atoms with van der Waals surface area (Å²) in [7, 11) is 0. The number of anilines is 1. The molecule has 2 fully saturated rings. The number of rotatable bonds is 2. The Kier molecular flexibility index (Phi) is 4.60. The molecule has 23 heavy (non-hydrogen) atoms. The molecule has 2 saturated heterocycles. The first-order valence-electron chi connectivity index (χ1n) is 8.96. The van der Waals surface area contributed by atoms with Crippen LogP contribution in [0.3, 0.4) is 0 Å². The lowest BCUT2D eigenvalue weighted by atomic mass is 9.84. The SMILES string of the molecule is CC1CCN(c2cccc(C(=O)N3CCCC(C)(C)C3)n2)CC1. The van der Waals surface area contributed by atoms with E-state index in [2.05, 4.69) is 30.7 Å². The largest absolute Gasteiger partial charge is 0.357 e. The van der Waals surface area contributed by atoms with Gasteiger partial charge in [-0.15, -0.1) is 0 Å². The molecule has 0 N–H and O–H groups in total. The molecular weight excluding hydrogens is 286 g/mol. The van der Waals surface area contributed by atoms with Crippen molar-refractivity contribution in [1.29, 1.82) is 0 Å². The Hall–Kier alpha value is -1.58. The highest BCUT2D eigenvalue weighted by molar-refractivity contribution is 5.92. The summed E-state index contributed by atoms with van der Waals surface area (Å²) < 4.78 is 0. The zero-order valence-electron chi connectivity index (χ0n) is 14.7. The van der Waals surface area contributed by atoms with Crippen LogP contribution in [0.1, 0.15) is 56.9 Å². The van der Waals surface area contributed by atoms with Crippen LogP contribution in [-0.2, 0) is 0 Å². The van der Waals surface area contributed by atoms with Gasteiger partial charge in [-0.2, -0.15) is 0 Å². The van der Waals surface area contributed by atoms with E-state index in [-0.39, 0.29) is 11.3 Å². The third-order valence-corrected chi connectivity index (χ3v) is 5.25. The number of pyridine rings is 1. The van der Waals surface area contributed by atoms with Crippen LogP contribution in [0.25, 0.3) is 0 Å². The van der Waals surface area contributed by atoms with Gasteiger partial charge in [0.05, 0.1) is 0 Å². The van der Waals surface area contributed by atoms with Gasteiger partial charge >= 0.3 is 0 Å². The number of carbonyl (C=O) groups excluding carboxylic acids is 1. The molecule has 0 radical (unpaired) electrons. The van der Waals surface area contributed by atoms with Crippen LogP contribution in [0.4, 0.5) is 5.82 Å². The maximum absolute atomic E-state index is 12.8. The molecule has 4 nitrogen and oxygen atoms in total. The molecular formula is C19H29N3O. The van der Waals surface area contributed by atoms with Gasteiger partial charge in [0.2, 0.25) is 0 Å². The summed E-state index contributed by atoms with van der Waals surface area (Å²) in [5.41, 5.74) is 0.813. The summed E-state index contributed by atoms with van der Waals surface area (Å²) in [6.45, 7) is 10.6. The summed E-state index contributed by atoms with van der Waals surface area (Å²) in [6, 6.07) is 5.87. The van der Waals surface area contributed by atoms with Gasteiger partial charge in [0.25, 0.3) is 5.91 Å². The fraction of sp³-hybridized carbons (Fsp3) is 0.684. The highest BCUT2D eigenvalue weighted by Crippen LogP contribution is 2.29. The van der Waals surface area contributed by atoms with Crippen molar-refractivity contribution >= 4 is 11.7 Å². The topological polar surface area (TPSA) is 36.4 Å². The number of hydrogen-bond acceptors (Lipinski definition) is 3. The van der Waals surface area contributed by atoms with Gasteiger partial charge in [-0.25, -0.2) is 4.98 Å². The molecule has 0 atom stereocenters. The normalized spacial score (nSPS) is 22.2. The van der Waals surface area contributed by atoms with Crippen molar-refractivity contribution in [2.45, 2.75) is 46.5 Å². The van der Waals surface area contributed by atoms with E-state index in [0.717, 1.165) is 44.3 Å². The number of piperidine rings is 2. The van der Waals surface area contributed by atoms with Crippen molar-refractivity contribution < 1.29 is 4.79 Å². The molecule has 0 aromatic carbocycles. The minimum Gasteiger partial charge on any atom is -0.357 e. The Labute approximate surface area is 139 Å². The second kappa shape index (κ2) is 6.50. The monoisotopic (exact) mass is 315 g/mol. The van der Waals surface area contributed by atoms with E-state index in [1.807, 2.05) is 23.1 Å². The van der Waals surface area contributed by atoms with Gasteiger partial charge in [0.1, 0.15) is 11.5 Å². The van der Waals surface area contributed by atoms with Gasteiger partial charge in [-0.3, -0.25) is 4.79 Å². The van der Waals surface area contributed by atoms with Crippen LogP contribution >= 0.6 is 0 Å². The second-order valence-corrected chi connectivity index (χ2v) is 8.05. The number of amides is 1. The van der Waals surface area contributed by atoms with Gasteiger partial charge in [0, 0.05) is 26.2 Å². The molecule has 3 rings (SSSR count). The van der Waals surface area contributed by atoms with Crippen molar-refractivity contribution in [3.63, 3.8) is 0 Å². The molecule has 0 saturated carbocycles. The molecule has 1 aromatic rings. The lowest BCUT2D eigenvalue weighted by Crippen LogP contribution is -2.44. The highest BCUT2D eigenvalue weighted by atomic mass is 16.2. The number of aromatic nitrogens is 1. The Morgan fingerprint density at radius 1 is 1.22 bits per heavy atom. The summed E-state index contributed by atoms with van der Waals surface area (Å²) >= 11 is 0. The molecule has 0 spiro atoms. The maximum atomic E-state index is 12.8. The molecule has 2 aliphatic rings. The molecule has 3 heterocycles. The summed E-state index contributed by atoms with van der Waals surface area (Å²) in [5, 5.41) is 0. The average Bonchev–Trinajstić information content (AvgIpc) is 2.54. The lowest BCUT2D eigenvalue weighted by Gasteiger charge is -2.38. The molecule has 2 aliphatic heterocycles. The van der Waals surface area contributed by atoms with E-state index in [4.69, 9.17) is 0 Å². The first-order valence-corrected chi connectivity index (χ1v) is 8.96. The van der Waals surface area contributed by atoms with E-state index in [0.29, 0.717) is 5.69 Å². The summed E-state index contributed by atoms with van der Waals surface area (Å²) in [5.74, 6) is 1.84. The van der Waals surface area contributed by atoms with Crippen molar-refractivity contribution in [2.24, 2.45) is 11.3 Å². The first kappa shape index (κ1) is 16.3. The van der Waals surface area contributed by atoms with Crippen LogP contribution in [0.15, 0.2) is 18.2 Å². The average molecular weight is 315 g/mol. The molecule has 4 heteroatoms. The molecule has 0 unspecified atom stereocenters. The van der Waals surface area contributed by atoms with Crippen molar-refractivity contribution in [3.8, 4) is 0 Å². The van der Waals surface area contributed by atoms with Crippen LogP contribution in [-0.4, -0.2) is 42.0 Å². The van der Waals surface area contributed by atoms with Crippen molar-refractivity contribution in [3.05, 3.63) is 23.9 Å². The van der Waals surface area contributed by atoms with Crippen molar-refractivity contribution in [2.75, 3.05) is 31.1 Å². The zero-order valence-corrected chi connectivity index (χ0v) is 14.7. The molecule has 126 valence electrons. The predicted molar refractivity (Wildman–Crippen MR) is 93.8 cm³/mol. The van der Waals surface area contributed by atoms with Crippen LogP contribution < -0.4 is 4.90 Å². The Balaban J connectivity index is 1.73. The minimum atomic E-state index is 0.0880. The Morgan fingerprint density at radius 3 is 2.65 bits per heavy atom. The molecule has 0 bridgehead atoms. The smallest absolute Gasteiger partial charge is 0.272 e. The predicted octanol–water partition coefficient (Wildman–Crippen LogP) is 3.58. The zero-order chi connectivity index (χ0) is 16.4.